The van der Waals surface area contributed by atoms with Crippen molar-refractivity contribution in [2.24, 2.45) is 0 Å². The number of phosphoric ester groups is 2. The number of hydrogen-bond acceptors (Lipinski definition) is 15. The molecule has 1 aliphatic carbocycles. The summed E-state index contributed by atoms with van der Waals surface area (Å²) >= 11 is 1.46. The summed E-state index contributed by atoms with van der Waals surface area (Å²) in [4.78, 5) is 65.8. The van der Waals surface area contributed by atoms with Gasteiger partial charge < -0.3 is 44.6 Å². The third-order valence-corrected chi connectivity index (χ3v) is 13.7. The summed E-state index contributed by atoms with van der Waals surface area (Å²) in [5.41, 5.74) is 0. The number of ether oxygens (including phenoxy) is 2. The van der Waals surface area contributed by atoms with Gasteiger partial charge in [-0.3, -0.25) is 28.0 Å². The molecule has 0 aliphatic heterocycles. The van der Waals surface area contributed by atoms with Crippen LogP contribution in [0.15, 0.2) is 0 Å². The van der Waals surface area contributed by atoms with E-state index in [1.165, 1.54) is 88.8 Å². The van der Waals surface area contributed by atoms with Crippen LogP contribution in [-0.4, -0.2) is 114 Å². The number of thioether (sulfide) groups is 1. The first kappa shape index (κ1) is 61.0. The first-order valence-electron chi connectivity index (χ1n) is 24.1. The maximum atomic E-state index is 13.0. The number of hydrogen-bond donors (Lipinski definition) is 7. The van der Waals surface area contributed by atoms with Crippen molar-refractivity contribution in [2.45, 2.75) is 243 Å². The van der Waals surface area contributed by atoms with Crippen molar-refractivity contribution in [3.63, 3.8) is 0 Å². The third kappa shape index (κ3) is 31.1. The van der Waals surface area contributed by atoms with Crippen LogP contribution in [-0.2, 0) is 46.6 Å². The van der Waals surface area contributed by atoms with E-state index in [4.69, 9.17) is 28.3 Å². The van der Waals surface area contributed by atoms with Crippen LogP contribution in [0.2, 0.25) is 0 Å². The number of aliphatic hydroxyl groups is 4. The van der Waals surface area contributed by atoms with E-state index in [0.29, 0.717) is 24.4 Å². The molecule has 1 saturated carbocycles. The molecule has 378 valence electrons. The molecule has 0 spiro atoms. The molecule has 4 unspecified atom stereocenters. The van der Waals surface area contributed by atoms with Gasteiger partial charge in [0.2, 0.25) is 0 Å². The maximum absolute atomic E-state index is 13.0. The molecule has 0 radical (unpaired) electrons. The molecule has 0 amide bonds. The molecule has 7 N–H and O–H groups in total. The molecule has 64 heavy (non-hydrogen) atoms. The quantitative estimate of drug-likeness (QED) is 0.0172. The monoisotopic (exact) mass is 978 g/mol. The summed E-state index contributed by atoms with van der Waals surface area (Å²) in [6.45, 7) is 2.88. The van der Waals surface area contributed by atoms with E-state index >= 15 is 0 Å². The number of carbonyl (C=O) groups excluding carboxylic acids is 3. The zero-order chi connectivity index (χ0) is 47.6. The Morgan fingerprint density at radius 3 is 1.38 bits per heavy atom. The number of unbranched alkanes of at least 4 members (excludes halogenated alkanes) is 23. The van der Waals surface area contributed by atoms with Crippen molar-refractivity contribution in [2.75, 3.05) is 19.0 Å². The van der Waals surface area contributed by atoms with Crippen molar-refractivity contribution < 1.29 is 81.7 Å². The lowest BCUT2D eigenvalue weighted by Crippen LogP contribution is -2.64. The second-order valence-corrected chi connectivity index (χ2v) is 20.9. The SMILES string of the molecule is CCCCCCCCCCCCCCCC(=O)O[C@H](COC(=O)CCCCCCCCCCCCCCSC(=O)CCC)COP(=O)(O)OC1C(O)[C@@H](O)C(O)[C@@H](OP(=O)(O)O)[C@H]1O. The highest BCUT2D eigenvalue weighted by Gasteiger charge is 2.54. The van der Waals surface area contributed by atoms with Gasteiger partial charge >= 0.3 is 27.6 Å². The van der Waals surface area contributed by atoms with Gasteiger partial charge in [0.05, 0.1) is 6.61 Å². The van der Waals surface area contributed by atoms with Crippen LogP contribution in [0.25, 0.3) is 0 Å². The van der Waals surface area contributed by atoms with E-state index < -0.39 is 83.5 Å². The normalized spacial score (nSPS) is 21.6. The van der Waals surface area contributed by atoms with Gasteiger partial charge in [-0.15, -0.1) is 0 Å². The average molecular weight is 979 g/mol. The largest absolute Gasteiger partial charge is 0.472 e. The third-order valence-electron chi connectivity index (χ3n) is 11.2. The minimum Gasteiger partial charge on any atom is -0.462 e. The summed E-state index contributed by atoms with van der Waals surface area (Å²) in [7, 11) is -10.7. The number of esters is 2. The molecule has 0 saturated heterocycles. The van der Waals surface area contributed by atoms with E-state index in [1.807, 2.05) is 6.92 Å². The number of phosphoric acid groups is 2. The van der Waals surface area contributed by atoms with Crippen LogP contribution in [0.1, 0.15) is 200 Å². The van der Waals surface area contributed by atoms with Gasteiger partial charge in [-0.2, -0.15) is 0 Å². The first-order chi connectivity index (χ1) is 30.5. The first-order valence-corrected chi connectivity index (χ1v) is 28.1. The molecular weight excluding hydrogens is 894 g/mol. The van der Waals surface area contributed by atoms with Crippen molar-refractivity contribution >= 4 is 44.5 Å². The Morgan fingerprint density at radius 2 is 0.922 bits per heavy atom. The highest BCUT2D eigenvalue weighted by Crippen LogP contribution is 2.49. The molecule has 20 heteroatoms. The van der Waals surface area contributed by atoms with E-state index in [0.717, 1.165) is 82.8 Å². The van der Waals surface area contributed by atoms with E-state index in [9.17, 15) is 48.8 Å². The van der Waals surface area contributed by atoms with Gasteiger partial charge in [0.15, 0.2) is 11.2 Å². The van der Waals surface area contributed by atoms with Gasteiger partial charge in [-0.1, -0.05) is 167 Å². The van der Waals surface area contributed by atoms with E-state index in [-0.39, 0.29) is 12.8 Å². The van der Waals surface area contributed by atoms with Gasteiger partial charge in [0, 0.05) is 25.0 Å². The highest BCUT2D eigenvalue weighted by atomic mass is 32.2. The maximum Gasteiger partial charge on any atom is 0.472 e. The zero-order valence-electron chi connectivity index (χ0n) is 38.7. The lowest BCUT2D eigenvalue weighted by atomic mass is 9.85. The minimum atomic E-state index is -5.37. The summed E-state index contributed by atoms with van der Waals surface area (Å²) < 4.78 is 49.4. The van der Waals surface area contributed by atoms with Gasteiger partial charge in [-0.25, -0.2) is 9.13 Å². The average Bonchev–Trinajstić information content (AvgIpc) is 3.24. The molecule has 0 heterocycles. The van der Waals surface area contributed by atoms with Crippen molar-refractivity contribution in [1.29, 1.82) is 0 Å². The molecule has 8 atom stereocenters. The lowest BCUT2D eigenvalue weighted by molar-refractivity contribution is -0.216. The topological polar surface area (TPSA) is 273 Å². The minimum absolute atomic E-state index is 0.0414. The van der Waals surface area contributed by atoms with Gasteiger partial charge in [0.1, 0.15) is 43.2 Å². The van der Waals surface area contributed by atoms with Crippen molar-refractivity contribution in [3.8, 4) is 0 Å². The predicted molar refractivity (Wildman–Crippen MR) is 245 cm³/mol. The Labute approximate surface area is 386 Å². The number of rotatable bonds is 41. The Bertz CT molecular complexity index is 1320. The summed E-state index contributed by atoms with van der Waals surface area (Å²) in [5.74, 6) is -0.300. The Morgan fingerprint density at radius 1 is 0.500 bits per heavy atom. The number of carbonyl (C=O) groups is 3. The molecule has 1 fully saturated rings. The predicted octanol–water partition coefficient (Wildman–Crippen LogP) is 8.49. The Balaban J connectivity index is 2.54. The van der Waals surface area contributed by atoms with Crippen molar-refractivity contribution in [1.82, 2.24) is 0 Å². The smallest absolute Gasteiger partial charge is 0.462 e. The van der Waals surface area contributed by atoms with Crippen LogP contribution in [0, 0.1) is 0 Å². The molecular formula is C44H84O17P2S. The fraction of sp³-hybridized carbons (Fsp3) is 0.932. The van der Waals surface area contributed by atoms with Crippen LogP contribution in [0.3, 0.4) is 0 Å². The summed E-state index contributed by atoms with van der Waals surface area (Å²) in [6, 6.07) is 0. The lowest BCUT2D eigenvalue weighted by Gasteiger charge is -2.43. The number of aliphatic hydroxyl groups excluding tert-OH is 4. The van der Waals surface area contributed by atoms with Crippen LogP contribution >= 0.6 is 27.4 Å². The van der Waals surface area contributed by atoms with Gasteiger partial charge in [-0.05, 0) is 25.7 Å². The van der Waals surface area contributed by atoms with Crippen LogP contribution < -0.4 is 0 Å². The molecule has 0 aromatic carbocycles. The zero-order valence-corrected chi connectivity index (χ0v) is 41.3. The molecule has 1 aliphatic rings. The fourth-order valence-electron chi connectivity index (χ4n) is 7.46. The van der Waals surface area contributed by atoms with Crippen molar-refractivity contribution in [3.05, 3.63) is 0 Å². The summed E-state index contributed by atoms with van der Waals surface area (Å²) in [5, 5.41) is 41.5. The molecule has 17 nitrogen and oxygen atoms in total. The van der Waals surface area contributed by atoms with Crippen LogP contribution in [0.4, 0.5) is 0 Å². The van der Waals surface area contributed by atoms with Crippen LogP contribution in [0.5, 0.6) is 0 Å². The molecule has 0 aromatic rings. The van der Waals surface area contributed by atoms with Gasteiger partial charge in [0.25, 0.3) is 0 Å². The Hall–Kier alpha value is -0.980. The van der Waals surface area contributed by atoms with E-state index in [2.05, 4.69) is 11.4 Å². The molecule has 1 rings (SSSR count). The summed E-state index contributed by atoms with van der Waals surface area (Å²) in [6.07, 6.45) is 14.2. The highest BCUT2D eigenvalue weighted by molar-refractivity contribution is 8.13. The standard InChI is InChI=1S/C44H84O17P2S/c1-3-5-6-7-8-9-10-11-15-18-21-24-27-31-37(46)59-35(34-58-63(55,56)61-44-41(50)39(48)40(49)43(42(44)51)60-62(52,53)54)33-57-36(45)30-26-23-20-17-14-12-13-16-19-22-25-28-32-64-38(47)29-4-2/h35,39-44,48-51H,3-34H2,1-2H3,(H,55,56)(H2,52,53,54)/t35-,39+,40?,41?,42-,43-,44?/m1/s1. The second-order valence-electron chi connectivity index (χ2n) is 17.1. The fourth-order valence-corrected chi connectivity index (χ4v) is 9.92. The van der Waals surface area contributed by atoms with E-state index in [1.54, 1.807) is 0 Å². The Kier molecular flexibility index (Phi) is 35.3. The second kappa shape index (κ2) is 37.0. The molecule has 0 bridgehead atoms. The molecule has 0 aromatic heterocycles.